The Bertz CT molecular complexity index is 726. The second-order valence-electron chi connectivity index (χ2n) is 6.97. The highest BCUT2D eigenvalue weighted by molar-refractivity contribution is 5.49. The second kappa shape index (κ2) is 7.36. The molecule has 1 atom stereocenters. The minimum absolute atomic E-state index is 0.527. The lowest BCUT2D eigenvalue weighted by Crippen LogP contribution is -2.43. The van der Waals surface area contributed by atoms with Gasteiger partial charge in [0, 0.05) is 43.9 Å². The van der Waals surface area contributed by atoms with Crippen LogP contribution in [0.25, 0.3) is 0 Å². The van der Waals surface area contributed by atoms with Gasteiger partial charge in [0.25, 0.3) is 0 Å². The number of piperazine rings is 1. The molecular formula is C21H26N2O2. The molecule has 4 heteroatoms. The van der Waals surface area contributed by atoms with E-state index in [0.717, 1.165) is 57.1 Å². The topological polar surface area (TPSA) is 33.7 Å². The molecule has 132 valence electrons. The van der Waals surface area contributed by atoms with Crippen LogP contribution < -0.4 is 19.7 Å². The predicted molar refractivity (Wildman–Crippen MR) is 101 cm³/mol. The van der Waals surface area contributed by atoms with Gasteiger partial charge in [-0.2, -0.15) is 0 Å². The molecule has 2 aliphatic heterocycles. The molecule has 1 N–H and O–H groups in total. The number of methoxy groups -OCH3 is 1. The average molecular weight is 338 g/mol. The molecule has 0 amide bonds. The van der Waals surface area contributed by atoms with Gasteiger partial charge in [-0.15, -0.1) is 0 Å². The first-order chi connectivity index (χ1) is 12.3. The predicted octanol–water partition coefficient (Wildman–Crippen LogP) is 2.90. The van der Waals surface area contributed by atoms with Crippen molar-refractivity contribution >= 4 is 5.69 Å². The van der Waals surface area contributed by atoms with E-state index in [9.17, 15) is 0 Å². The van der Waals surface area contributed by atoms with Gasteiger partial charge in [0.15, 0.2) is 0 Å². The van der Waals surface area contributed by atoms with Crippen LogP contribution in [0.15, 0.2) is 42.5 Å². The van der Waals surface area contributed by atoms with Crippen LogP contribution in [0, 0.1) is 5.92 Å². The Hall–Kier alpha value is -2.20. The maximum atomic E-state index is 6.00. The van der Waals surface area contributed by atoms with Crippen LogP contribution in [0.5, 0.6) is 11.5 Å². The van der Waals surface area contributed by atoms with E-state index in [1.54, 1.807) is 7.11 Å². The van der Waals surface area contributed by atoms with Gasteiger partial charge in [-0.25, -0.2) is 0 Å². The van der Waals surface area contributed by atoms with E-state index in [2.05, 4.69) is 40.5 Å². The molecule has 4 nitrogen and oxygen atoms in total. The Morgan fingerprint density at radius 2 is 2.04 bits per heavy atom. The summed E-state index contributed by atoms with van der Waals surface area (Å²) in [7, 11) is 1.69. The fraction of sp³-hybridized carbons (Fsp3) is 0.429. The molecule has 0 saturated carbocycles. The number of hydrogen-bond donors (Lipinski definition) is 1. The van der Waals surface area contributed by atoms with E-state index in [0.29, 0.717) is 5.92 Å². The zero-order valence-electron chi connectivity index (χ0n) is 14.8. The minimum Gasteiger partial charge on any atom is -0.497 e. The highest BCUT2D eigenvalue weighted by Crippen LogP contribution is 2.32. The van der Waals surface area contributed by atoms with Gasteiger partial charge in [0.05, 0.1) is 13.7 Å². The summed E-state index contributed by atoms with van der Waals surface area (Å²) in [6.45, 7) is 5.09. The number of benzene rings is 2. The molecule has 2 heterocycles. The van der Waals surface area contributed by atoms with Crippen molar-refractivity contribution in [1.29, 1.82) is 0 Å². The van der Waals surface area contributed by atoms with Crippen LogP contribution in [-0.2, 0) is 12.8 Å². The molecule has 0 spiro atoms. The molecule has 25 heavy (non-hydrogen) atoms. The summed E-state index contributed by atoms with van der Waals surface area (Å²) in [6.07, 6.45) is 2.13. The summed E-state index contributed by atoms with van der Waals surface area (Å²) in [4.78, 5) is 2.47. The summed E-state index contributed by atoms with van der Waals surface area (Å²) in [5, 5.41) is 3.42. The number of ether oxygens (including phenoxy) is 2. The molecule has 2 aromatic rings. The molecule has 0 aliphatic carbocycles. The first-order valence-corrected chi connectivity index (χ1v) is 9.16. The summed E-state index contributed by atoms with van der Waals surface area (Å²) >= 11 is 0. The number of fused-ring (bicyclic) bond motifs is 1. The standard InChI is InChI=1S/C21H26N2O2/c1-24-20-6-5-18-12-17(15-25-21(18)14-20)11-16-3-2-4-19(13-16)23-9-7-22-8-10-23/h2-6,13-14,17,22H,7-12,15H2,1H3. The molecular weight excluding hydrogens is 312 g/mol. The summed E-state index contributed by atoms with van der Waals surface area (Å²) in [5.41, 5.74) is 4.04. The molecule has 0 aromatic heterocycles. The number of hydrogen-bond acceptors (Lipinski definition) is 4. The van der Waals surface area contributed by atoms with Gasteiger partial charge in [-0.05, 0) is 42.2 Å². The summed E-state index contributed by atoms with van der Waals surface area (Å²) in [5.74, 6) is 2.37. The van der Waals surface area contributed by atoms with Crippen LogP contribution in [0.2, 0.25) is 0 Å². The first kappa shape index (κ1) is 16.3. The lowest BCUT2D eigenvalue weighted by Gasteiger charge is -2.30. The Labute approximate surface area is 149 Å². The summed E-state index contributed by atoms with van der Waals surface area (Å²) < 4.78 is 11.3. The average Bonchev–Trinajstić information content (AvgIpc) is 2.68. The van der Waals surface area contributed by atoms with Crippen molar-refractivity contribution in [3.05, 3.63) is 53.6 Å². The number of rotatable bonds is 4. The van der Waals surface area contributed by atoms with Crippen molar-refractivity contribution in [1.82, 2.24) is 5.32 Å². The van der Waals surface area contributed by atoms with Gasteiger partial charge >= 0.3 is 0 Å². The zero-order chi connectivity index (χ0) is 17.1. The molecule has 2 aliphatic rings. The fourth-order valence-corrected chi connectivity index (χ4v) is 3.81. The highest BCUT2D eigenvalue weighted by Gasteiger charge is 2.21. The number of nitrogens with one attached hydrogen (secondary N) is 1. The highest BCUT2D eigenvalue weighted by atomic mass is 16.5. The van der Waals surface area contributed by atoms with Crippen LogP contribution in [0.3, 0.4) is 0 Å². The lowest BCUT2D eigenvalue weighted by molar-refractivity contribution is 0.220. The Kier molecular flexibility index (Phi) is 4.79. The van der Waals surface area contributed by atoms with E-state index in [1.165, 1.54) is 16.8 Å². The lowest BCUT2D eigenvalue weighted by atomic mass is 9.91. The normalized spacial score (nSPS) is 19.9. The quantitative estimate of drug-likeness (QED) is 0.929. The van der Waals surface area contributed by atoms with Gasteiger partial charge in [-0.1, -0.05) is 18.2 Å². The number of anilines is 1. The van der Waals surface area contributed by atoms with Crippen molar-refractivity contribution < 1.29 is 9.47 Å². The van der Waals surface area contributed by atoms with E-state index in [4.69, 9.17) is 9.47 Å². The molecule has 1 unspecified atom stereocenters. The van der Waals surface area contributed by atoms with Gasteiger partial charge in [0.1, 0.15) is 11.5 Å². The van der Waals surface area contributed by atoms with Crippen LogP contribution >= 0.6 is 0 Å². The van der Waals surface area contributed by atoms with Crippen molar-refractivity contribution in [3.8, 4) is 11.5 Å². The van der Waals surface area contributed by atoms with Crippen molar-refractivity contribution in [3.63, 3.8) is 0 Å². The third kappa shape index (κ3) is 3.74. The molecule has 0 radical (unpaired) electrons. The van der Waals surface area contributed by atoms with Crippen LogP contribution in [0.4, 0.5) is 5.69 Å². The largest absolute Gasteiger partial charge is 0.497 e. The Morgan fingerprint density at radius 3 is 2.88 bits per heavy atom. The Balaban J connectivity index is 1.44. The van der Waals surface area contributed by atoms with Gasteiger partial charge in [0.2, 0.25) is 0 Å². The van der Waals surface area contributed by atoms with Crippen LogP contribution in [-0.4, -0.2) is 39.9 Å². The molecule has 2 aromatic carbocycles. The van der Waals surface area contributed by atoms with E-state index in [1.807, 2.05) is 12.1 Å². The van der Waals surface area contributed by atoms with Gasteiger partial charge < -0.3 is 19.7 Å². The monoisotopic (exact) mass is 338 g/mol. The fourth-order valence-electron chi connectivity index (χ4n) is 3.81. The molecule has 1 saturated heterocycles. The SMILES string of the molecule is COc1ccc2c(c1)OCC(Cc1cccc(N3CCNCC3)c1)C2. The van der Waals surface area contributed by atoms with E-state index in [-0.39, 0.29) is 0 Å². The number of nitrogens with zero attached hydrogens (tertiary/aromatic N) is 1. The van der Waals surface area contributed by atoms with Crippen molar-refractivity contribution in [2.24, 2.45) is 5.92 Å². The Morgan fingerprint density at radius 1 is 1.16 bits per heavy atom. The maximum Gasteiger partial charge on any atom is 0.126 e. The minimum atomic E-state index is 0.527. The second-order valence-corrected chi connectivity index (χ2v) is 6.97. The molecule has 0 bridgehead atoms. The molecule has 4 rings (SSSR count). The molecule has 1 fully saturated rings. The summed E-state index contributed by atoms with van der Waals surface area (Å²) in [6, 6.07) is 15.2. The first-order valence-electron chi connectivity index (χ1n) is 9.16. The smallest absolute Gasteiger partial charge is 0.126 e. The maximum absolute atomic E-state index is 6.00. The van der Waals surface area contributed by atoms with E-state index < -0.39 is 0 Å². The van der Waals surface area contributed by atoms with Gasteiger partial charge in [-0.3, -0.25) is 0 Å². The zero-order valence-corrected chi connectivity index (χ0v) is 14.8. The van der Waals surface area contributed by atoms with Crippen molar-refractivity contribution in [2.75, 3.05) is 44.8 Å². The third-order valence-electron chi connectivity index (χ3n) is 5.17. The van der Waals surface area contributed by atoms with Crippen molar-refractivity contribution in [2.45, 2.75) is 12.8 Å². The third-order valence-corrected chi connectivity index (χ3v) is 5.17. The van der Waals surface area contributed by atoms with E-state index >= 15 is 0 Å². The van der Waals surface area contributed by atoms with Crippen LogP contribution in [0.1, 0.15) is 11.1 Å².